The minimum Gasteiger partial charge on any atom is -0.493 e. The lowest BCUT2D eigenvalue weighted by Crippen LogP contribution is -2.10. The lowest BCUT2D eigenvalue weighted by Gasteiger charge is -2.17. The van der Waals surface area contributed by atoms with Crippen molar-refractivity contribution in [3.05, 3.63) is 21.7 Å². The van der Waals surface area contributed by atoms with Crippen molar-refractivity contribution < 1.29 is 19.4 Å². The van der Waals surface area contributed by atoms with Gasteiger partial charge >= 0.3 is 5.97 Å². The quantitative estimate of drug-likeness (QED) is 0.929. The number of carboxylic acid groups (broad SMARTS) is 1. The molecule has 0 aliphatic carbocycles. The third-order valence-electron chi connectivity index (χ3n) is 2.73. The topological polar surface area (TPSA) is 55.8 Å². The average molecular weight is 303 g/mol. The average Bonchev–Trinajstić information content (AvgIpc) is 2.31. The van der Waals surface area contributed by atoms with E-state index in [-0.39, 0.29) is 0 Å². The van der Waals surface area contributed by atoms with E-state index >= 15 is 0 Å². The molecule has 0 spiro atoms. The SMILES string of the molecule is COc1cc(C(C)C(=O)O)c(C)c(Br)c1OC. The van der Waals surface area contributed by atoms with E-state index in [1.165, 1.54) is 7.11 Å². The first kappa shape index (κ1) is 13.8. The summed E-state index contributed by atoms with van der Waals surface area (Å²) in [5, 5.41) is 9.05. The molecule has 0 aliphatic heterocycles. The van der Waals surface area contributed by atoms with Crippen molar-refractivity contribution in [1.82, 2.24) is 0 Å². The van der Waals surface area contributed by atoms with Crippen molar-refractivity contribution in [2.45, 2.75) is 19.8 Å². The lowest BCUT2D eigenvalue weighted by molar-refractivity contribution is -0.138. The van der Waals surface area contributed by atoms with E-state index in [2.05, 4.69) is 15.9 Å². The molecule has 0 aromatic heterocycles. The van der Waals surface area contributed by atoms with Gasteiger partial charge in [0, 0.05) is 0 Å². The minimum absolute atomic E-state index is 0.521. The molecule has 4 nitrogen and oxygen atoms in total. The zero-order valence-electron chi connectivity index (χ0n) is 10.2. The van der Waals surface area contributed by atoms with Gasteiger partial charge in [0.15, 0.2) is 11.5 Å². The number of methoxy groups -OCH3 is 2. The number of hydrogen-bond acceptors (Lipinski definition) is 3. The van der Waals surface area contributed by atoms with Gasteiger partial charge < -0.3 is 14.6 Å². The predicted molar refractivity (Wildman–Crippen MR) is 68.0 cm³/mol. The molecule has 0 amide bonds. The summed E-state index contributed by atoms with van der Waals surface area (Å²) in [5.41, 5.74) is 1.56. The van der Waals surface area contributed by atoms with Gasteiger partial charge in [-0.25, -0.2) is 0 Å². The first-order valence-electron chi connectivity index (χ1n) is 5.07. The second-order valence-corrected chi connectivity index (χ2v) is 4.49. The number of aliphatic carboxylic acids is 1. The Morgan fingerprint density at radius 3 is 2.41 bits per heavy atom. The molecule has 5 heteroatoms. The normalized spacial score (nSPS) is 12.1. The summed E-state index contributed by atoms with van der Waals surface area (Å²) in [5.74, 6) is -0.363. The standard InChI is InChI=1S/C12H15BrO4/c1-6-8(7(2)12(14)15)5-9(16-3)11(17-4)10(6)13/h5,7H,1-4H3,(H,14,15). The molecule has 0 radical (unpaired) electrons. The fourth-order valence-electron chi connectivity index (χ4n) is 1.64. The molecule has 94 valence electrons. The Bertz CT molecular complexity index is 443. The maximum atomic E-state index is 11.0. The van der Waals surface area contributed by atoms with E-state index in [4.69, 9.17) is 14.6 Å². The van der Waals surface area contributed by atoms with E-state index in [1.54, 1.807) is 20.1 Å². The van der Waals surface area contributed by atoms with Crippen molar-refractivity contribution in [3.63, 3.8) is 0 Å². The highest BCUT2D eigenvalue weighted by Gasteiger charge is 2.22. The molecule has 0 saturated heterocycles. The highest BCUT2D eigenvalue weighted by atomic mass is 79.9. The molecular weight excluding hydrogens is 288 g/mol. The first-order valence-corrected chi connectivity index (χ1v) is 5.87. The summed E-state index contributed by atoms with van der Waals surface area (Å²) in [4.78, 5) is 11.0. The van der Waals surface area contributed by atoms with Crippen molar-refractivity contribution in [3.8, 4) is 11.5 Å². The van der Waals surface area contributed by atoms with Crippen molar-refractivity contribution >= 4 is 21.9 Å². The maximum absolute atomic E-state index is 11.0. The van der Waals surface area contributed by atoms with Crippen LogP contribution in [0.15, 0.2) is 10.5 Å². The summed E-state index contributed by atoms with van der Waals surface area (Å²) in [7, 11) is 3.07. The van der Waals surface area contributed by atoms with Gasteiger partial charge in [-0.3, -0.25) is 4.79 Å². The van der Waals surface area contributed by atoms with Crippen LogP contribution in [0.1, 0.15) is 24.0 Å². The van der Waals surface area contributed by atoms with Crippen LogP contribution < -0.4 is 9.47 Å². The highest BCUT2D eigenvalue weighted by molar-refractivity contribution is 9.10. The van der Waals surface area contributed by atoms with Gasteiger partial charge in [0.1, 0.15) is 0 Å². The Labute approximate surface area is 109 Å². The van der Waals surface area contributed by atoms with Crippen LogP contribution in [0.4, 0.5) is 0 Å². The van der Waals surface area contributed by atoms with Crippen LogP contribution in [0.25, 0.3) is 0 Å². The van der Waals surface area contributed by atoms with Crippen LogP contribution in [0, 0.1) is 6.92 Å². The van der Waals surface area contributed by atoms with E-state index < -0.39 is 11.9 Å². The summed E-state index contributed by atoms with van der Waals surface area (Å²) in [6.45, 7) is 3.49. The van der Waals surface area contributed by atoms with Crippen LogP contribution in [-0.4, -0.2) is 25.3 Å². The van der Waals surface area contributed by atoms with Crippen LogP contribution in [0.5, 0.6) is 11.5 Å². The largest absolute Gasteiger partial charge is 0.493 e. The van der Waals surface area contributed by atoms with E-state index in [9.17, 15) is 4.79 Å². The molecule has 17 heavy (non-hydrogen) atoms. The Balaban J connectivity index is 3.44. The van der Waals surface area contributed by atoms with Gasteiger partial charge in [0.05, 0.1) is 24.6 Å². The Hall–Kier alpha value is -1.23. The summed E-state index contributed by atoms with van der Waals surface area (Å²) < 4.78 is 11.1. The lowest BCUT2D eigenvalue weighted by atomic mass is 9.96. The maximum Gasteiger partial charge on any atom is 0.310 e. The molecule has 0 bridgehead atoms. The van der Waals surface area contributed by atoms with Crippen LogP contribution in [-0.2, 0) is 4.79 Å². The van der Waals surface area contributed by atoms with E-state index in [0.29, 0.717) is 17.1 Å². The third kappa shape index (κ3) is 2.54. The zero-order valence-corrected chi connectivity index (χ0v) is 11.8. The zero-order chi connectivity index (χ0) is 13.2. The van der Waals surface area contributed by atoms with Crippen LogP contribution >= 0.6 is 15.9 Å². The molecule has 0 fully saturated rings. The molecule has 0 aliphatic rings. The molecule has 1 unspecified atom stereocenters. The predicted octanol–water partition coefficient (Wildman–Crippen LogP) is 2.96. The van der Waals surface area contributed by atoms with Gasteiger partial charge in [-0.05, 0) is 47.0 Å². The molecule has 0 heterocycles. The highest BCUT2D eigenvalue weighted by Crippen LogP contribution is 2.41. The van der Waals surface area contributed by atoms with Gasteiger partial charge in [-0.15, -0.1) is 0 Å². The van der Waals surface area contributed by atoms with E-state index in [0.717, 1.165) is 10.0 Å². The molecule has 1 aromatic rings. The number of rotatable bonds is 4. The summed E-state index contributed by atoms with van der Waals surface area (Å²) in [6.07, 6.45) is 0. The van der Waals surface area contributed by atoms with Crippen molar-refractivity contribution in [2.24, 2.45) is 0 Å². The Kier molecular flexibility index (Phi) is 4.40. The second kappa shape index (κ2) is 5.40. The fourth-order valence-corrected chi connectivity index (χ4v) is 2.23. The van der Waals surface area contributed by atoms with Crippen LogP contribution in [0.3, 0.4) is 0 Å². The number of carbonyl (C=O) groups is 1. The smallest absolute Gasteiger partial charge is 0.310 e. The van der Waals surface area contributed by atoms with Gasteiger partial charge in [0.25, 0.3) is 0 Å². The number of carboxylic acids is 1. The minimum atomic E-state index is -0.868. The second-order valence-electron chi connectivity index (χ2n) is 3.70. The number of benzene rings is 1. The van der Waals surface area contributed by atoms with Gasteiger partial charge in [0.2, 0.25) is 0 Å². The van der Waals surface area contributed by atoms with Gasteiger partial charge in [-0.2, -0.15) is 0 Å². The van der Waals surface area contributed by atoms with Crippen molar-refractivity contribution in [2.75, 3.05) is 14.2 Å². The van der Waals surface area contributed by atoms with Crippen molar-refractivity contribution in [1.29, 1.82) is 0 Å². The number of hydrogen-bond donors (Lipinski definition) is 1. The molecule has 1 aromatic carbocycles. The third-order valence-corrected chi connectivity index (χ3v) is 3.69. The molecule has 1 N–H and O–H groups in total. The molecular formula is C12H15BrO4. The molecule has 0 saturated carbocycles. The molecule has 1 rings (SSSR count). The summed E-state index contributed by atoms with van der Waals surface area (Å²) >= 11 is 3.40. The monoisotopic (exact) mass is 302 g/mol. The molecule has 1 atom stereocenters. The van der Waals surface area contributed by atoms with Gasteiger partial charge in [-0.1, -0.05) is 0 Å². The number of halogens is 1. The Morgan fingerprint density at radius 2 is 2.00 bits per heavy atom. The summed E-state index contributed by atoms with van der Waals surface area (Å²) in [6, 6.07) is 1.71. The first-order chi connectivity index (χ1) is 7.93. The van der Waals surface area contributed by atoms with E-state index in [1.807, 2.05) is 6.92 Å². The van der Waals surface area contributed by atoms with Crippen LogP contribution in [0.2, 0.25) is 0 Å². The fraction of sp³-hybridized carbons (Fsp3) is 0.417. The Morgan fingerprint density at radius 1 is 1.41 bits per heavy atom. The number of ether oxygens (including phenoxy) is 2.